The first-order valence-corrected chi connectivity index (χ1v) is 13.0. The Hall–Kier alpha value is -2.20. The number of sulfonamides is 1. The third kappa shape index (κ3) is 4.29. The molecule has 0 unspecified atom stereocenters. The molecule has 2 aromatic carbocycles. The summed E-state index contributed by atoms with van der Waals surface area (Å²) in [6, 6.07) is 15.8. The summed E-state index contributed by atoms with van der Waals surface area (Å²) in [5.74, 6) is -0.298. The van der Waals surface area contributed by atoms with Gasteiger partial charge in [0.2, 0.25) is 10.0 Å². The highest BCUT2D eigenvalue weighted by atomic mass is 32.2. The number of aromatic nitrogens is 1. The van der Waals surface area contributed by atoms with Crippen LogP contribution in [0.3, 0.4) is 0 Å². The van der Waals surface area contributed by atoms with E-state index in [-0.39, 0.29) is 10.8 Å². The van der Waals surface area contributed by atoms with E-state index in [1.165, 1.54) is 39.5 Å². The molecular formula is C21H21N3O3S3. The van der Waals surface area contributed by atoms with Gasteiger partial charge < -0.3 is 5.32 Å². The topological polar surface area (TPSA) is 79.4 Å². The molecule has 1 aliphatic rings. The molecule has 1 N–H and O–H groups in total. The number of carbonyl (C=O) groups is 1. The zero-order chi connectivity index (χ0) is 21.1. The lowest BCUT2D eigenvalue weighted by Gasteiger charge is -2.15. The van der Waals surface area contributed by atoms with E-state index in [9.17, 15) is 13.2 Å². The van der Waals surface area contributed by atoms with E-state index >= 15 is 0 Å². The van der Waals surface area contributed by atoms with E-state index in [2.05, 4.69) is 10.3 Å². The zero-order valence-corrected chi connectivity index (χ0v) is 18.8. The lowest BCUT2D eigenvalue weighted by molar-refractivity contribution is 0.102. The van der Waals surface area contributed by atoms with Gasteiger partial charge in [-0.25, -0.2) is 13.4 Å². The number of nitrogens with one attached hydrogen (secondary N) is 1. The first kappa shape index (κ1) is 21.0. The molecule has 4 rings (SSSR count). The van der Waals surface area contributed by atoms with Gasteiger partial charge >= 0.3 is 0 Å². The molecule has 1 aliphatic heterocycles. The number of rotatable bonds is 6. The average molecular weight is 460 g/mol. The highest BCUT2D eigenvalue weighted by Crippen LogP contribution is 2.37. The molecule has 0 radical (unpaired) electrons. The predicted molar refractivity (Wildman–Crippen MR) is 122 cm³/mol. The molecule has 0 atom stereocenters. The Balaban J connectivity index is 1.56. The van der Waals surface area contributed by atoms with E-state index in [1.807, 2.05) is 36.6 Å². The molecule has 9 heteroatoms. The number of nitrogens with zero attached hydrogens (tertiary/aromatic N) is 2. The summed E-state index contributed by atoms with van der Waals surface area (Å²) in [5, 5.41) is 3.61. The summed E-state index contributed by atoms with van der Waals surface area (Å²) < 4.78 is 27.7. The standard InChI is InChI=1S/C21H21N3O3S3/c1-28-21-22-18(15-7-3-2-4-8-15)20(29-21)23-19(25)16-9-11-17(12-10-16)30(26,27)24-13-5-6-14-24/h2-4,7-12H,5-6,13-14H2,1H3,(H,23,25). The molecule has 6 nitrogen and oxygen atoms in total. The Morgan fingerprint density at radius 1 is 1.07 bits per heavy atom. The van der Waals surface area contributed by atoms with Crippen molar-refractivity contribution in [3.05, 3.63) is 60.2 Å². The van der Waals surface area contributed by atoms with Gasteiger partial charge in [0.25, 0.3) is 5.91 Å². The Labute approximate surface area is 184 Å². The maximum absolute atomic E-state index is 12.8. The summed E-state index contributed by atoms with van der Waals surface area (Å²) in [6.45, 7) is 1.10. The van der Waals surface area contributed by atoms with Crippen molar-refractivity contribution in [3.63, 3.8) is 0 Å². The van der Waals surface area contributed by atoms with E-state index in [4.69, 9.17) is 0 Å². The van der Waals surface area contributed by atoms with Crippen molar-refractivity contribution >= 4 is 44.0 Å². The van der Waals surface area contributed by atoms with Crippen LogP contribution in [-0.2, 0) is 10.0 Å². The van der Waals surface area contributed by atoms with Crippen molar-refractivity contribution in [1.29, 1.82) is 0 Å². The number of amides is 1. The van der Waals surface area contributed by atoms with Gasteiger partial charge in [0, 0.05) is 24.2 Å². The second-order valence-electron chi connectivity index (χ2n) is 6.82. The SMILES string of the molecule is CSc1nc(-c2ccccc2)c(NC(=O)c2ccc(S(=O)(=O)N3CCCC3)cc2)s1. The molecule has 3 aromatic rings. The molecule has 2 heterocycles. The van der Waals surface area contributed by atoms with E-state index < -0.39 is 10.0 Å². The largest absolute Gasteiger partial charge is 0.312 e. The molecule has 1 saturated heterocycles. The summed E-state index contributed by atoms with van der Waals surface area (Å²) >= 11 is 2.94. The Kier molecular flexibility index (Phi) is 6.24. The summed E-state index contributed by atoms with van der Waals surface area (Å²) in [4.78, 5) is 17.6. The molecule has 1 amide bonds. The fourth-order valence-corrected chi connectivity index (χ4v) is 6.29. The van der Waals surface area contributed by atoms with Gasteiger partial charge in [0.05, 0.1) is 4.90 Å². The molecule has 0 saturated carbocycles. The quantitative estimate of drug-likeness (QED) is 0.546. The van der Waals surface area contributed by atoms with Crippen LogP contribution in [0.15, 0.2) is 63.8 Å². The van der Waals surface area contributed by atoms with Crippen LogP contribution in [0.1, 0.15) is 23.2 Å². The second kappa shape index (κ2) is 8.89. The zero-order valence-electron chi connectivity index (χ0n) is 16.4. The number of benzene rings is 2. The van der Waals surface area contributed by atoms with Crippen molar-refractivity contribution < 1.29 is 13.2 Å². The normalized spacial score (nSPS) is 14.7. The van der Waals surface area contributed by atoms with Crippen LogP contribution in [0.25, 0.3) is 11.3 Å². The molecule has 1 aromatic heterocycles. The first-order chi connectivity index (χ1) is 14.5. The second-order valence-corrected chi connectivity index (χ2v) is 10.8. The van der Waals surface area contributed by atoms with Crippen molar-refractivity contribution in [2.45, 2.75) is 22.1 Å². The minimum absolute atomic E-state index is 0.216. The predicted octanol–water partition coefficient (Wildman–Crippen LogP) is 4.57. The van der Waals surface area contributed by atoms with E-state index in [0.717, 1.165) is 28.4 Å². The number of hydrogen-bond donors (Lipinski definition) is 1. The van der Waals surface area contributed by atoms with Crippen LogP contribution in [-0.4, -0.2) is 43.0 Å². The number of thioether (sulfide) groups is 1. The van der Waals surface area contributed by atoms with Crippen molar-refractivity contribution in [2.24, 2.45) is 0 Å². The minimum Gasteiger partial charge on any atom is -0.312 e. The van der Waals surface area contributed by atoms with E-state index in [0.29, 0.717) is 23.7 Å². The molecular weight excluding hydrogens is 438 g/mol. The number of anilines is 1. The molecule has 156 valence electrons. The molecule has 0 aliphatic carbocycles. The third-order valence-corrected chi connectivity index (χ3v) is 8.74. The highest BCUT2D eigenvalue weighted by molar-refractivity contribution is 8.00. The molecule has 1 fully saturated rings. The number of thiazole rings is 1. The Morgan fingerprint density at radius 3 is 2.37 bits per heavy atom. The van der Waals surface area contributed by atoms with Crippen LogP contribution in [0.2, 0.25) is 0 Å². The first-order valence-electron chi connectivity index (χ1n) is 9.51. The monoisotopic (exact) mass is 459 g/mol. The van der Waals surface area contributed by atoms with Crippen LogP contribution >= 0.6 is 23.1 Å². The van der Waals surface area contributed by atoms with Crippen LogP contribution < -0.4 is 5.32 Å². The molecule has 0 bridgehead atoms. The summed E-state index contributed by atoms with van der Waals surface area (Å²) in [7, 11) is -3.49. The Morgan fingerprint density at radius 2 is 1.73 bits per heavy atom. The fraction of sp³-hybridized carbons (Fsp3) is 0.238. The van der Waals surface area contributed by atoms with Crippen LogP contribution in [0.5, 0.6) is 0 Å². The third-order valence-electron chi connectivity index (χ3n) is 4.88. The highest BCUT2D eigenvalue weighted by Gasteiger charge is 2.27. The van der Waals surface area contributed by atoms with Gasteiger partial charge in [-0.1, -0.05) is 53.4 Å². The maximum atomic E-state index is 12.8. The molecule has 30 heavy (non-hydrogen) atoms. The van der Waals surface area contributed by atoms with Crippen molar-refractivity contribution in [3.8, 4) is 11.3 Å². The minimum atomic E-state index is -3.49. The van der Waals surface area contributed by atoms with Crippen molar-refractivity contribution in [1.82, 2.24) is 9.29 Å². The van der Waals surface area contributed by atoms with E-state index in [1.54, 1.807) is 12.1 Å². The lowest BCUT2D eigenvalue weighted by Crippen LogP contribution is -2.27. The van der Waals surface area contributed by atoms with Crippen LogP contribution in [0.4, 0.5) is 5.00 Å². The maximum Gasteiger partial charge on any atom is 0.256 e. The lowest BCUT2D eigenvalue weighted by atomic mass is 10.1. The molecule has 0 spiro atoms. The number of hydrogen-bond acceptors (Lipinski definition) is 6. The fourth-order valence-electron chi connectivity index (χ4n) is 3.30. The Bertz CT molecular complexity index is 1140. The van der Waals surface area contributed by atoms with Gasteiger partial charge in [-0.3, -0.25) is 4.79 Å². The average Bonchev–Trinajstić information content (AvgIpc) is 3.45. The van der Waals surface area contributed by atoms with Crippen molar-refractivity contribution in [2.75, 3.05) is 24.7 Å². The van der Waals surface area contributed by atoms with Gasteiger partial charge in [0.15, 0.2) is 4.34 Å². The van der Waals surface area contributed by atoms with Gasteiger partial charge in [-0.05, 0) is 43.4 Å². The van der Waals surface area contributed by atoms with Gasteiger partial charge in [-0.2, -0.15) is 4.31 Å². The van der Waals surface area contributed by atoms with Gasteiger partial charge in [-0.15, -0.1) is 0 Å². The summed E-state index contributed by atoms with van der Waals surface area (Å²) in [5.41, 5.74) is 2.05. The smallest absolute Gasteiger partial charge is 0.256 e. The number of carbonyl (C=O) groups excluding carboxylic acids is 1. The van der Waals surface area contributed by atoms with Gasteiger partial charge in [0.1, 0.15) is 10.7 Å². The van der Waals surface area contributed by atoms with Crippen LogP contribution in [0, 0.1) is 0 Å². The summed E-state index contributed by atoms with van der Waals surface area (Å²) in [6.07, 6.45) is 3.71.